The van der Waals surface area contributed by atoms with E-state index >= 15 is 0 Å². The number of nitrogens with zero attached hydrogens (tertiary/aromatic N) is 5. The molecule has 0 saturated heterocycles. The summed E-state index contributed by atoms with van der Waals surface area (Å²) in [6.07, 6.45) is 1.83. The van der Waals surface area contributed by atoms with E-state index < -0.39 is 0 Å². The van der Waals surface area contributed by atoms with Gasteiger partial charge in [-0.25, -0.2) is 19.9 Å². The highest BCUT2D eigenvalue weighted by atomic mass is 32.1. The fourth-order valence-corrected chi connectivity index (χ4v) is 11.5. The van der Waals surface area contributed by atoms with Gasteiger partial charge in [-0.05, 0) is 64.7 Å². The summed E-state index contributed by atoms with van der Waals surface area (Å²) in [6, 6.07) is 68.6. The second kappa shape index (κ2) is 14.8. The molecule has 0 aliphatic rings. The molecule has 0 fully saturated rings. The molecule has 0 spiro atoms. The van der Waals surface area contributed by atoms with E-state index in [-0.39, 0.29) is 0 Å². The molecule has 0 aliphatic heterocycles. The van der Waals surface area contributed by atoms with E-state index in [1.807, 2.05) is 53.1 Å². The van der Waals surface area contributed by atoms with Gasteiger partial charge < -0.3 is 0 Å². The number of rotatable bonds is 6. The Balaban J connectivity index is 0.996. The average molecular weight is 852 g/mol. The highest BCUT2D eigenvalue weighted by Crippen LogP contribution is 2.45. The third-order valence-corrected chi connectivity index (χ3v) is 14.6. The van der Waals surface area contributed by atoms with Gasteiger partial charge in [-0.15, -0.1) is 22.7 Å². The molecular formula is C57H33N5S2. The Hall–Kier alpha value is -7.97. The fraction of sp³-hybridized carbons (Fsp3) is 0. The standard InChI is InChI=1S/C57H33N5S2/c1-2-11-37(12-3-1)55-60-56(38-26-22-34(23-27-38)48-29-28-36-25-24-35-13-10-30-58-51(35)52(36)59-48)62-57(61-55)41-32-39(42-16-8-18-46-44-14-4-6-20-49(44)63-53(42)46)31-40(33-41)43-17-9-19-47-45-15-5-7-21-50(45)64-54(43)47/h1-33H. The van der Waals surface area contributed by atoms with Gasteiger partial charge in [0, 0.05) is 79.6 Å². The lowest BCUT2D eigenvalue weighted by Crippen LogP contribution is -2.00. The minimum Gasteiger partial charge on any atom is -0.254 e. The molecule has 0 unspecified atom stereocenters. The molecule has 8 aromatic carbocycles. The van der Waals surface area contributed by atoms with E-state index in [9.17, 15) is 0 Å². The van der Waals surface area contributed by atoms with Crippen molar-refractivity contribution in [2.24, 2.45) is 0 Å². The first kappa shape index (κ1) is 36.7. The van der Waals surface area contributed by atoms with Crippen molar-refractivity contribution < 1.29 is 0 Å². The molecule has 0 atom stereocenters. The van der Waals surface area contributed by atoms with Gasteiger partial charge in [-0.1, -0.05) is 152 Å². The van der Waals surface area contributed by atoms with E-state index in [1.165, 1.54) is 51.5 Å². The zero-order chi connectivity index (χ0) is 42.1. The van der Waals surface area contributed by atoms with E-state index in [1.54, 1.807) is 0 Å². The van der Waals surface area contributed by atoms with Gasteiger partial charge in [0.2, 0.25) is 0 Å². The minimum absolute atomic E-state index is 0.599. The van der Waals surface area contributed by atoms with Crippen molar-refractivity contribution in [1.29, 1.82) is 0 Å². The molecular weight excluding hydrogens is 819 g/mol. The Bertz CT molecular complexity index is 3840. The third kappa shape index (κ3) is 6.16. The van der Waals surface area contributed by atoms with E-state index in [2.05, 4.69) is 175 Å². The summed E-state index contributed by atoms with van der Waals surface area (Å²) >= 11 is 3.69. The first-order valence-electron chi connectivity index (χ1n) is 21.2. The Morgan fingerprint density at radius 3 is 1.45 bits per heavy atom. The van der Waals surface area contributed by atoms with Gasteiger partial charge in [0.1, 0.15) is 0 Å². The van der Waals surface area contributed by atoms with Crippen LogP contribution >= 0.6 is 22.7 Å². The van der Waals surface area contributed by atoms with E-state index in [0.29, 0.717) is 17.5 Å². The summed E-state index contributed by atoms with van der Waals surface area (Å²) in [4.78, 5) is 25.5. The van der Waals surface area contributed by atoms with Crippen molar-refractivity contribution in [2.75, 3.05) is 0 Å². The third-order valence-electron chi connectivity index (χ3n) is 12.2. The number of hydrogen-bond acceptors (Lipinski definition) is 7. The Labute approximate surface area is 375 Å². The largest absolute Gasteiger partial charge is 0.254 e. The number of hydrogen-bond donors (Lipinski definition) is 0. The summed E-state index contributed by atoms with van der Waals surface area (Å²) in [5, 5.41) is 7.21. The van der Waals surface area contributed by atoms with Crippen molar-refractivity contribution in [3.8, 4) is 67.7 Å². The number of benzene rings is 8. The maximum absolute atomic E-state index is 5.30. The second-order valence-corrected chi connectivity index (χ2v) is 18.1. The molecule has 0 bridgehead atoms. The molecule has 0 N–H and O–H groups in total. The van der Waals surface area contributed by atoms with Crippen molar-refractivity contribution in [1.82, 2.24) is 24.9 Å². The van der Waals surface area contributed by atoms with Crippen LogP contribution < -0.4 is 0 Å². The Morgan fingerprint density at radius 2 is 0.812 bits per heavy atom. The van der Waals surface area contributed by atoms with Crippen molar-refractivity contribution in [2.45, 2.75) is 0 Å². The van der Waals surface area contributed by atoms with Crippen LogP contribution in [-0.4, -0.2) is 24.9 Å². The Kier molecular flexibility index (Phi) is 8.50. The molecule has 5 heterocycles. The highest BCUT2D eigenvalue weighted by molar-refractivity contribution is 7.26. The number of pyridine rings is 2. The summed E-state index contributed by atoms with van der Waals surface area (Å²) in [7, 11) is 0. The summed E-state index contributed by atoms with van der Waals surface area (Å²) in [5.74, 6) is 1.83. The van der Waals surface area contributed by atoms with E-state index in [0.717, 1.165) is 60.9 Å². The lowest BCUT2D eigenvalue weighted by molar-refractivity contribution is 1.07. The van der Waals surface area contributed by atoms with Crippen LogP contribution in [0.2, 0.25) is 0 Å². The van der Waals surface area contributed by atoms with Crippen molar-refractivity contribution in [3.05, 3.63) is 200 Å². The Morgan fingerprint density at radius 1 is 0.312 bits per heavy atom. The van der Waals surface area contributed by atoms with Gasteiger partial charge in [-0.2, -0.15) is 0 Å². The molecule has 5 aromatic heterocycles. The zero-order valence-corrected chi connectivity index (χ0v) is 35.7. The molecule has 64 heavy (non-hydrogen) atoms. The highest BCUT2D eigenvalue weighted by Gasteiger charge is 2.19. The van der Waals surface area contributed by atoms with Gasteiger partial charge in [0.15, 0.2) is 17.5 Å². The lowest BCUT2D eigenvalue weighted by atomic mass is 9.94. The second-order valence-electron chi connectivity index (χ2n) is 16.0. The van der Waals surface area contributed by atoms with Crippen LogP contribution in [0.15, 0.2) is 200 Å². The maximum Gasteiger partial charge on any atom is 0.164 e. The lowest BCUT2D eigenvalue weighted by Gasteiger charge is -2.13. The van der Waals surface area contributed by atoms with Crippen LogP contribution in [0, 0.1) is 0 Å². The van der Waals surface area contributed by atoms with Crippen LogP contribution in [0.4, 0.5) is 0 Å². The minimum atomic E-state index is 0.599. The maximum atomic E-state index is 5.30. The van der Waals surface area contributed by atoms with Gasteiger partial charge in [0.25, 0.3) is 0 Å². The summed E-state index contributed by atoms with van der Waals surface area (Å²) < 4.78 is 5.08. The number of thiophene rings is 2. The van der Waals surface area contributed by atoms with Crippen LogP contribution in [0.5, 0.6) is 0 Å². The van der Waals surface area contributed by atoms with Crippen molar-refractivity contribution >= 4 is 84.8 Å². The SMILES string of the molecule is c1ccc(-c2nc(-c3ccc(-c4ccc5ccc6cccnc6c5n4)cc3)nc(-c3cc(-c4cccc5c4sc4ccccc45)cc(-c4cccc5c4sc4ccccc45)c3)n2)cc1. The van der Waals surface area contributed by atoms with Crippen LogP contribution in [0.1, 0.15) is 0 Å². The molecule has 0 radical (unpaired) electrons. The molecule has 298 valence electrons. The smallest absolute Gasteiger partial charge is 0.164 e. The first-order chi connectivity index (χ1) is 31.7. The van der Waals surface area contributed by atoms with Crippen LogP contribution in [0.25, 0.3) is 130 Å². The predicted octanol–water partition coefficient (Wildman–Crippen LogP) is 15.7. The molecule has 13 rings (SSSR count). The molecule has 5 nitrogen and oxygen atoms in total. The monoisotopic (exact) mass is 851 g/mol. The van der Waals surface area contributed by atoms with Crippen LogP contribution in [0.3, 0.4) is 0 Å². The molecule has 13 aromatic rings. The predicted molar refractivity (Wildman–Crippen MR) is 269 cm³/mol. The first-order valence-corrected chi connectivity index (χ1v) is 22.9. The summed E-state index contributed by atoms with van der Waals surface area (Å²) in [5.41, 5.74) is 11.0. The zero-order valence-electron chi connectivity index (χ0n) is 34.1. The number of fused-ring (bicyclic) bond motifs is 9. The molecule has 7 heteroatoms. The van der Waals surface area contributed by atoms with Gasteiger partial charge in [0.05, 0.1) is 16.7 Å². The normalized spacial score (nSPS) is 11.8. The number of aromatic nitrogens is 5. The topological polar surface area (TPSA) is 64.5 Å². The molecule has 0 saturated carbocycles. The van der Waals surface area contributed by atoms with E-state index in [4.69, 9.17) is 19.9 Å². The van der Waals surface area contributed by atoms with Crippen LogP contribution in [-0.2, 0) is 0 Å². The molecule has 0 aliphatic carbocycles. The van der Waals surface area contributed by atoms with Crippen molar-refractivity contribution in [3.63, 3.8) is 0 Å². The fourth-order valence-electron chi connectivity index (χ4n) is 9.04. The van der Waals surface area contributed by atoms with Gasteiger partial charge in [-0.3, -0.25) is 4.98 Å². The van der Waals surface area contributed by atoms with Gasteiger partial charge >= 0.3 is 0 Å². The quantitative estimate of drug-likeness (QED) is 0.156. The average Bonchev–Trinajstić information content (AvgIpc) is 3.95. The molecule has 0 amide bonds. The summed E-state index contributed by atoms with van der Waals surface area (Å²) in [6.45, 7) is 0.